The lowest BCUT2D eigenvalue weighted by Gasteiger charge is -2.22. The molecule has 7 heteroatoms. The quantitative estimate of drug-likeness (QED) is 0.804. The first-order chi connectivity index (χ1) is 11.5. The van der Waals surface area contributed by atoms with Gasteiger partial charge in [0, 0.05) is 25.9 Å². The Bertz CT molecular complexity index is 701. The predicted octanol–water partition coefficient (Wildman–Crippen LogP) is 2.99. The molecule has 1 heterocycles. The van der Waals surface area contributed by atoms with Gasteiger partial charge < -0.3 is 14.4 Å². The van der Waals surface area contributed by atoms with Gasteiger partial charge in [-0.05, 0) is 29.8 Å². The first kappa shape index (κ1) is 17.7. The fourth-order valence-electron chi connectivity index (χ4n) is 2.22. The monoisotopic (exact) mass is 337 g/mol. The minimum atomic E-state index is -1.04. The molecule has 2 aromatic rings. The number of furan rings is 1. The van der Waals surface area contributed by atoms with E-state index in [4.69, 9.17) is 9.52 Å². The molecule has 0 aliphatic heterocycles. The van der Waals surface area contributed by atoms with E-state index in [1.807, 2.05) is 0 Å². The van der Waals surface area contributed by atoms with Crippen LogP contribution in [0.2, 0.25) is 0 Å². The predicted molar refractivity (Wildman–Crippen MR) is 81.1 cm³/mol. The third-order valence-corrected chi connectivity index (χ3v) is 3.47. The number of aliphatic carboxylic acids is 1. The van der Waals surface area contributed by atoms with Crippen molar-refractivity contribution < 1.29 is 27.9 Å². The number of rotatable bonds is 8. The molecule has 0 aliphatic carbocycles. The van der Waals surface area contributed by atoms with Crippen molar-refractivity contribution in [2.75, 3.05) is 6.54 Å². The van der Waals surface area contributed by atoms with Gasteiger partial charge in [-0.1, -0.05) is 6.07 Å². The molecule has 0 fully saturated rings. The van der Waals surface area contributed by atoms with Crippen molar-refractivity contribution in [3.63, 3.8) is 0 Å². The van der Waals surface area contributed by atoms with Crippen LogP contribution >= 0.6 is 0 Å². The van der Waals surface area contributed by atoms with Gasteiger partial charge in [0.25, 0.3) is 0 Å². The topological polar surface area (TPSA) is 70.8 Å². The van der Waals surface area contributed by atoms with E-state index in [1.54, 1.807) is 12.1 Å². The maximum absolute atomic E-state index is 13.3. The van der Waals surface area contributed by atoms with Crippen molar-refractivity contribution in [1.82, 2.24) is 4.90 Å². The maximum atomic E-state index is 13.3. The summed E-state index contributed by atoms with van der Waals surface area (Å²) in [6.45, 7) is 0.00673. The van der Waals surface area contributed by atoms with E-state index in [0.29, 0.717) is 17.7 Å². The van der Waals surface area contributed by atoms with Gasteiger partial charge in [-0.25, -0.2) is 8.78 Å². The van der Waals surface area contributed by atoms with Crippen LogP contribution in [0, 0.1) is 11.6 Å². The molecule has 1 aromatic heterocycles. The summed E-state index contributed by atoms with van der Waals surface area (Å²) in [5.41, 5.74) is 0.394. The lowest BCUT2D eigenvalue weighted by Crippen LogP contribution is -2.32. The van der Waals surface area contributed by atoms with Crippen LogP contribution in [0.1, 0.15) is 24.2 Å². The van der Waals surface area contributed by atoms with Crippen molar-refractivity contribution in [1.29, 1.82) is 0 Å². The van der Waals surface area contributed by atoms with Crippen LogP contribution in [-0.2, 0) is 22.6 Å². The normalized spacial score (nSPS) is 10.6. The highest BCUT2D eigenvalue weighted by Gasteiger charge is 2.16. The Kier molecular flexibility index (Phi) is 6.06. The van der Waals surface area contributed by atoms with Crippen molar-refractivity contribution >= 4 is 11.9 Å². The Morgan fingerprint density at radius 3 is 2.54 bits per heavy atom. The molecule has 0 aliphatic rings. The van der Waals surface area contributed by atoms with Crippen LogP contribution < -0.4 is 0 Å². The minimum Gasteiger partial charge on any atom is -0.481 e. The Labute approximate surface area is 137 Å². The highest BCUT2D eigenvalue weighted by Crippen LogP contribution is 2.13. The number of halogens is 2. The van der Waals surface area contributed by atoms with Crippen molar-refractivity contribution in [2.45, 2.75) is 25.8 Å². The van der Waals surface area contributed by atoms with E-state index in [0.717, 1.165) is 12.1 Å². The number of nitrogens with zero attached hydrogens (tertiary/aromatic N) is 1. The molecule has 1 N–H and O–H groups in total. The molecule has 0 spiro atoms. The van der Waals surface area contributed by atoms with E-state index in [1.165, 1.54) is 17.2 Å². The second-order valence-corrected chi connectivity index (χ2v) is 5.29. The lowest BCUT2D eigenvalue weighted by atomic mass is 10.1. The Morgan fingerprint density at radius 2 is 1.92 bits per heavy atom. The number of amides is 1. The molecule has 24 heavy (non-hydrogen) atoms. The zero-order valence-corrected chi connectivity index (χ0v) is 12.9. The first-order valence-electron chi connectivity index (χ1n) is 7.41. The summed E-state index contributed by atoms with van der Waals surface area (Å²) in [6.07, 6.45) is 1.80. The average Bonchev–Trinajstić information content (AvgIpc) is 3.05. The number of carboxylic acids is 1. The van der Waals surface area contributed by atoms with Crippen molar-refractivity contribution in [3.8, 4) is 0 Å². The molecule has 0 unspecified atom stereocenters. The SMILES string of the molecule is O=C(O)CCN(Cc1ccc(F)c(F)c1)C(=O)CCc1ccco1. The minimum absolute atomic E-state index is 0.00861. The molecule has 128 valence electrons. The van der Waals surface area contributed by atoms with Crippen LogP contribution in [-0.4, -0.2) is 28.4 Å². The molecule has 0 bridgehead atoms. The van der Waals surface area contributed by atoms with Gasteiger partial charge in [0.05, 0.1) is 12.7 Å². The third-order valence-electron chi connectivity index (χ3n) is 3.47. The average molecular weight is 337 g/mol. The van der Waals surface area contributed by atoms with Crippen molar-refractivity contribution in [2.24, 2.45) is 0 Å². The van der Waals surface area contributed by atoms with E-state index in [2.05, 4.69) is 0 Å². The zero-order valence-electron chi connectivity index (χ0n) is 12.9. The van der Waals surface area contributed by atoms with Gasteiger partial charge in [-0.15, -0.1) is 0 Å². The molecule has 5 nitrogen and oxygen atoms in total. The molecular weight excluding hydrogens is 320 g/mol. The first-order valence-corrected chi connectivity index (χ1v) is 7.41. The zero-order chi connectivity index (χ0) is 17.5. The van der Waals surface area contributed by atoms with Gasteiger partial charge in [0.1, 0.15) is 5.76 Å². The van der Waals surface area contributed by atoms with Gasteiger partial charge in [0.2, 0.25) is 5.91 Å². The maximum Gasteiger partial charge on any atom is 0.305 e. The van der Waals surface area contributed by atoms with E-state index in [-0.39, 0.29) is 31.8 Å². The number of aryl methyl sites for hydroxylation is 1. The molecule has 1 aromatic carbocycles. The highest BCUT2D eigenvalue weighted by atomic mass is 19.2. The summed E-state index contributed by atoms with van der Waals surface area (Å²) in [6, 6.07) is 6.80. The summed E-state index contributed by atoms with van der Waals surface area (Å²) >= 11 is 0. The van der Waals surface area contributed by atoms with Crippen LogP contribution in [0.4, 0.5) is 8.78 Å². The van der Waals surface area contributed by atoms with Crippen LogP contribution in [0.5, 0.6) is 0 Å². The largest absolute Gasteiger partial charge is 0.481 e. The fourth-order valence-corrected chi connectivity index (χ4v) is 2.22. The van der Waals surface area contributed by atoms with Crippen molar-refractivity contribution in [3.05, 3.63) is 59.6 Å². The number of hydrogen-bond donors (Lipinski definition) is 1. The van der Waals surface area contributed by atoms with Crippen LogP contribution in [0.15, 0.2) is 41.0 Å². The number of carbonyl (C=O) groups is 2. The highest BCUT2D eigenvalue weighted by molar-refractivity contribution is 5.77. The molecular formula is C17H17F2NO4. The standard InChI is InChI=1S/C17H17F2NO4/c18-14-5-3-12(10-15(14)19)11-20(8-7-17(22)23)16(21)6-4-13-2-1-9-24-13/h1-3,5,9-10H,4,6-8,11H2,(H,22,23). The Hall–Kier alpha value is -2.70. The van der Waals surface area contributed by atoms with Crippen LogP contribution in [0.25, 0.3) is 0 Å². The third kappa shape index (κ3) is 5.19. The fraction of sp³-hybridized carbons (Fsp3) is 0.294. The summed E-state index contributed by atoms with van der Waals surface area (Å²) in [5, 5.41) is 8.81. The number of carbonyl (C=O) groups excluding carboxylic acids is 1. The summed E-state index contributed by atoms with van der Waals surface area (Å²) in [5.74, 6) is -2.65. The summed E-state index contributed by atoms with van der Waals surface area (Å²) in [4.78, 5) is 24.4. The second kappa shape index (κ2) is 8.24. The summed E-state index contributed by atoms with van der Waals surface area (Å²) < 4.78 is 31.4. The van der Waals surface area contributed by atoms with Gasteiger partial charge in [-0.2, -0.15) is 0 Å². The second-order valence-electron chi connectivity index (χ2n) is 5.29. The van der Waals surface area contributed by atoms with E-state index >= 15 is 0 Å². The molecule has 0 radical (unpaired) electrons. The molecule has 0 atom stereocenters. The van der Waals surface area contributed by atoms with Crippen LogP contribution in [0.3, 0.4) is 0 Å². The Morgan fingerprint density at radius 1 is 1.12 bits per heavy atom. The molecule has 1 amide bonds. The lowest BCUT2D eigenvalue weighted by molar-refractivity contribution is -0.138. The van der Waals surface area contributed by atoms with Gasteiger partial charge in [0.15, 0.2) is 11.6 Å². The van der Waals surface area contributed by atoms with Gasteiger partial charge in [-0.3, -0.25) is 9.59 Å². The smallest absolute Gasteiger partial charge is 0.305 e. The molecule has 0 saturated heterocycles. The molecule has 0 saturated carbocycles. The summed E-state index contributed by atoms with van der Waals surface area (Å²) in [7, 11) is 0. The van der Waals surface area contributed by atoms with E-state index < -0.39 is 17.6 Å². The number of hydrogen-bond acceptors (Lipinski definition) is 3. The number of benzene rings is 1. The Balaban J connectivity index is 2.03. The van der Waals surface area contributed by atoms with Gasteiger partial charge >= 0.3 is 5.97 Å². The number of carboxylic acid groups (broad SMARTS) is 1. The molecule has 2 rings (SSSR count). The van der Waals surface area contributed by atoms with E-state index in [9.17, 15) is 18.4 Å².